The van der Waals surface area contributed by atoms with E-state index in [1.54, 1.807) is 24.0 Å². The molecule has 1 aliphatic heterocycles. The van der Waals surface area contributed by atoms with Gasteiger partial charge in [-0.1, -0.05) is 22.9 Å². The van der Waals surface area contributed by atoms with Crippen LogP contribution in [0.2, 0.25) is 0 Å². The molecule has 26 heavy (non-hydrogen) atoms. The molecule has 3 rings (SSSR count). The summed E-state index contributed by atoms with van der Waals surface area (Å²) in [5.41, 5.74) is 0.361. The number of carbonyl (C=O) groups excluding carboxylic acids is 2. The van der Waals surface area contributed by atoms with Crippen molar-refractivity contribution >= 4 is 38.6 Å². The highest BCUT2D eigenvalue weighted by molar-refractivity contribution is 9.10. The van der Waals surface area contributed by atoms with Crippen LogP contribution >= 0.6 is 15.9 Å². The van der Waals surface area contributed by atoms with Crippen molar-refractivity contribution in [2.75, 3.05) is 13.1 Å². The molecule has 1 atom stereocenters. The van der Waals surface area contributed by atoms with E-state index in [0.29, 0.717) is 30.4 Å². The molecular weight excluding hydrogens is 400 g/mol. The molecule has 0 spiro atoms. The second-order valence-corrected chi connectivity index (χ2v) is 7.35. The van der Waals surface area contributed by atoms with Crippen LogP contribution in [-0.4, -0.2) is 45.4 Å². The number of rotatable bonds is 4. The summed E-state index contributed by atoms with van der Waals surface area (Å²) >= 11 is 3.35. The van der Waals surface area contributed by atoms with Crippen molar-refractivity contribution in [1.29, 1.82) is 0 Å². The predicted octanol–water partition coefficient (Wildman–Crippen LogP) is 1.68. The van der Waals surface area contributed by atoms with E-state index >= 15 is 0 Å². The fraction of sp³-hybridized carbons (Fsp3) is 0.444. The lowest BCUT2D eigenvalue weighted by Crippen LogP contribution is -2.50. The number of fused-ring (bicyclic) bond motifs is 1. The lowest BCUT2D eigenvalue weighted by atomic mass is 10.1. The molecule has 1 N–H and O–H groups in total. The average molecular weight is 421 g/mol. The summed E-state index contributed by atoms with van der Waals surface area (Å²) in [4.78, 5) is 42.8. The van der Waals surface area contributed by atoms with Gasteiger partial charge in [-0.2, -0.15) is 0 Å². The first-order chi connectivity index (χ1) is 12.5. The third-order valence-electron chi connectivity index (χ3n) is 4.55. The molecule has 2 heterocycles. The maximum absolute atomic E-state index is 12.6. The Labute approximate surface area is 159 Å². The second-order valence-electron chi connectivity index (χ2n) is 6.44. The van der Waals surface area contributed by atoms with E-state index in [2.05, 4.69) is 26.2 Å². The van der Waals surface area contributed by atoms with Crippen molar-refractivity contribution in [3.05, 3.63) is 39.4 Å². The Morgan fingerprint density at radius 3 is 2.96 bits per heavy atom. The van der Waals surface area contributed by atoms with Gasteiger partial charge in [0.05, 0.1) is 17.2 Å². The minimum Gasteiger partial charge on any atom is -0.352 e. The molecule has 2 aromatic rings. The van der Waals surface area contributed by atoms with Crippen molar-refractivity contribution in [2.24, 2.45) is 0 Å². The van der Waals surface area contributed by atoms with E-state index in [1.807, 2.05) is 6.07 Å². The summed E-state index contributed by atoms with van der Waals surface area (Å²) in [5, 5.41) is 3.41. The topological polar surface area (TPSA) is 84.3 Å². The number of halogens is 1. The molecule has 1 aromatic carbocycles. The summed E-state index contributed by atoms with van der Waals surface area (Å²) < 4.78 is 2.13. The molecule has 1 aromatic heterocycles. The number of amides is 2. The van der Waals surface area contributed by atoms with Crippen LogP contribution in [0.5, 0.6) is 0 Å². The van der Waals surface area contributed by atoms with Gasteiger partial charge in [0.2, 0.25) is 11.8 Å². The first kappa shape index (κ1) is 18.6. The molecule has 0 radical (unpaired) electrons. The summed E-state index contributed by atoms with van der Waals surface area (Å²) in [7, 11) is 0. The van der Waals surface area contributed by atoms with Crippen LogP contribution in [0.1, 0.15) is 26.2 Å². The number of carbonyl (C=O) groups is 2. The van der Waals surface area contributed by atoms with Gasteiger partial charge in [-0.05, 0) is 31.0 Å². The largest absolute Gasteiger partial charge is 0.352 e. The summed E-state index contributed by atoms with van der Waals surface area (Å²) in [6.45, 7) is 2.87. The Balaban J connectivity index is 1.73. The van der Waals surface area contributed by atoms with Gasteiger partial charge in [-0.3, -0.25) is 19.0 Å². The van der Waals surface area contributed by atoms with Gasteiger partial charge < -0.3 is 10.2 Å². The summed E-state index contributed by atoms with van der Waals surface area (Å²) in [6.07, 6.45) is 3.54. The molecule has 1 saturated heterocycles. The second kappa shape index (κ2) is 7.99. The van der Waals surface area contributed by atoms with Crippen molar-refractivity contribution in [3.63, 3.8) is 0 Å². The smallest absolute Gasteiger partial charge is 0.261 e. The number of hydrogen-bond acceptors (Lipinski definition) is 4. The van der Waals surface area contributed by atoms with Gasteiger partial charge in [0, 0.05) is 30.0 Å². The molecule has 1 unspecified atom stereocenters. The Kier molecular flexibility index (Phi) is 5.70. The number of nitrogens with one attached hydrogen (secondary N) is 1. The highest BCUT2D eigenvalue weighted by Gasteiger charge is 2.24. The molecule has 1 fully saturated rings. The van der Waals surface area contributed by atoms with Gasteiger partial charge in [-0.25, -0.2) is 4.98 Å². The van der Waals surface area contributed by atoms with Gasteiger partial charge in [0.25, 0.3) is 5.56 Å². The van der Waals surface area contributed by atoms with E-state index in [0.717, 1.165) is 17.3 Å². The van der Waals surface area contributed by atoms with Gasteiger partial charge >= 0.3 is 0 Å². The zero-order chi connectivity index (χ0) is 18.7. The quantitative estimate of drug-likeness (QED) is 0.814. The van der Waals surface area contributed by atoms with Crippen molar-refractivity contribution in [2.45, 2.75) is 38.8 Å². The number of likely N-dealkylation sites (tertiary alicyclic amines) is 1. The SMILES string of the molecule is CCC(=O)NC1CCCN(C(=O)Cn2cnc3ccc(Br)cc3c2=O)C1. The molecule has 138 valence electrons. The highest BCUT2D eigenvalue weighted by Crippen LogP contribution is 2.15. The lowest BCUT2D eigenvalue weighted by molar-refractivity contribution is -0.134. The third-order valence-corrected chi connectivity index (χ3v) is 5.05. The van der Waals surface area contributed by atoms with Crippen molar-refractivity contribution in [3.8, 4) is 0 Å². The molecule has 1 aliphatic rings. The number of benzene rings is 1. The maximum Gasteiger partial charge on any atom is 0.261 e. The van der Waals surface area contributed by atoms with Crippen molar-refractivity contribution in [1.82, 2.24) is 19.8 Å². The predicted molar refractivity (Wildman–Crippen MR) is 102 cm³/mol. The van der Waals surface area contributed by atoms with Crippen LogP contribution in [0.4, 0.5) is 0 Å². The molecule has 0 bridgehead atoms. The Morgan fingerprint density at radius 1 is 1.38 bits per heavy atom. The first-order valence-electron chi connectivity index (χ1n) is 8.69. The van der Waals surface area contributed by atoms with Crippen LogP contribution in [0.15, 0.2) is 33.8 Å². The summed E-state index contributed by atoms with van der Waals surface area (Å²) in [5.74, 6) is -0.150. The number of hydrogen-bond donors (Lipinski definition) is 1. The Morgan fingerprint density at radius 2 is 2.19 bits per heavy atom. The van der Waals surface area contributed by atoms with Crippen LogP contribution in [-0.2, 0) is 16.1 Å². The van der Waals surface area contributed by atoms with E-state index < -0.39 is 0 Å². The lowest BCUT2D eigenvalue weighted by Gasteiger charge is -2.33. The van der Waals surface area contributed by atoms with E-state index in [9.17, 15) is 14.4 Å². The van der Waals surface area contributed by atoms with Crippen molar-refractivity contribution < 1.29 is 9.59 Å². The monoisotopic (exact) mass is 420 g/mol. The first-order valence-corrected chi connectivity index (χ1v) is 9.49. The minimum atomic E-state index is -0.238. The van der Waals surface area contributed by atoms with Crippen LogP contribution < -0.4 is 10.9 Å². The summed E-state index contributed by atoms with van der Waals surface area (Å²) in [6, 6.07) is 5.27. The number of nitrogens with zero attached hydrogens (tertiary/aromatic N) is 3. The molecular formula is C18H21BrN4O3. The van der Waals surface area contributed by atoms with E-state index in [-0.39, 0.29) is 30.0 Å². The fourth-order valence-corrected chi connectivity index (χ4v) is 3.50. The van der Waals surface area contributed by atoms with Gasteiger partial charge in [-0.15, -0.1) is 0 Å². The van der Waals surface area contributed by atoms with Gasteiger partial charge in [0.15, 0.2) is 0 Å². The molecule has 8 heteroatoms. The Bertz CT molecular complexity index is 896. The van der Waals surface area contributed by atoms with E-state index in [1.165, 1.54) is 10.9 Å². The molecule has 0 aliphatic carbocycles. The third kappa shape index (κ3) is 4.12. The number of piperidine rings is 1. The zero-order valence-corrected chi connectivity index (χ0v) is 16.2. The highest BCUT2D eigenvalue weighted by atomic mass is 79.9. The fourth-order valence-electron chi connectivity index (χ4n) is 3.14. The van der Waals surface area contributed by atoms with E-state index in [4.69, 9.17) is 0 Å². The molecule has 7 nitrogen and oxygen atoms in total. The standard InChI is InChI=1S/C18H21BrN4O3/c1-2-16(24)21-13-4-3-7-22(9-13)17(25)10-23-11-20-15-6-5-12(19)8-14(15)18(23)26/h5-6,8,11,13H,2-4,7,9-10H2,1H3,(H,21,24). The normalized spacial score (nSPS) is 17.3. The van der Waals surface area contributed by atoms with Crippen LogP contribution in [0, 0.1) is 0 Å². The van der Waals surface area contributed by atoms with Gasteiger partial charge in [0.1, 0.15) is 6.54 Å². The average Bonchev–Trinajstić information content (AvgIpc) is 2.64. The van der Waals surface area contributed by atoms with Crippen LogP contribution in [0.3, 0.4) is 0 Å². The number of aromatic nitrogens is 2. The van der Waals surface area contributed by atoms with Crippen LogP contribution in [0.25, 0.3) is 10.9 Å². The molecule has 0 saturated carbocycles. The molecule has 2 amide bonds. The zero-order valence-electron chi connectivity index (χ0n) is 14.6. The minimum absolute atomic E-state index is 0.00942. The maximum atomic E-state index is 12.6. The Hall–Kier alpha value is -2.22.